The number of aliphatic hydroxyl groups is 2. The van der Waals surface area contributed by atoms with E-state index in [1.807, 2.05) is 63.1 Å². The number of ether oxygens (including phenoxy) is 4. The molecule has 3 aromatic rings. The number of halogens is 1. The third kappa shape index (κ3) is 12.6. The van der Waals surface area contributed by atoms with Gasteiger partial charge < -0.3 is 38.6 Å². The maximum Gasteiger partial charge on any atom is 0.410 e. The standard InChI is InChI=1S/C63H88FN3O11P/c1-59(2,3)77-58(72)67(31-17-8-9-18-34-74-35-19-16-22-44-20-12-10-13-21-44)41-52(69)46-25-28-53(78-79(6,7)73)47(36-46)40-65-32-33-66(43-65)42-55(71)63-56(75-57(76-63)45-23-14-11-15-24-45)38-51-50-27-26-48-37-49(68)29-30-60(48,4)62(50,64)54(70)39-61(51,63)5/h10,12-13,20-21,25,28-30,32-33,36-37,43,45,50-52,54,56-57,69-70H,8-9,11,14-19,22-24,26-27,31,34-35,38-42H2,1-7H3/q+1/t50-,51-,52?,54-,56+,57+,60-,61-,62-,63+/m0/s1. The van der Waals surface area contributed by atoms with Crippen molar-refractivity contribution in [2.75, 3.05) is 39.6 Å². The Morgan fingerprint density at radius 1 is 0.975 bits per heavy atom. The van der Waals surface area contributed by atoms with Crippen molar-refractivity contribution in [1.29, 1.82) is 0 Å². The molecule has 9 rings (SSSR count). The second-order valence-electron chi connectivity index (χ2n) is 25.5. The van der Waals surface area contributed by atoms with Gasteiger partial charge in [0.2, 0.25) is 19.5 Å². The average Bonchev–Trinajstić information content (AvgIpc) is 2.33. The molecular formula is C63H88FN3O11P+. The molecule has 5 aliphatic carbocycles. The van der Waals surface area contributed by atoms with E-state index in [1.165, 1.54) is 17.7 Å². The van der Waals surface area contributed by atoms with Gasteiger partial charge in [0.25, 0.3) is 0 Å². The first-order valence-corrected chi connectivity index (χ1v) is 31.9. The fourth-order valence-corrected chi connectivity index (χ4v) is 15.1. The van der Waals surface area contributed by atoms with Gasteiger partial charge in [0.15, 0.2) is 29.9 Å². The van der Waals surface area contributed by atoms with E-state index in [-0.39, 0.29) is 49.5 Å². The minimum absolute atomic E-state index is 0.00420. The molecule has 4 saturated carbocycles. The molecule has 2 aromatic carbocycles. The molecule has 0 radical (unpaired) electrons. The predicted octanol–water partition coefficient (Wildman–Crippen LogP) is 11.2. The van der Waals surface area contributed by atoms with Gasteiger partial charge in [0.05, 0.1) is 24.9 Å². The van der Waals surface area contributed by atoms with Crippen LogP contribution in [0.1, 0.15) is 154 Å². The third-order valence-electron chi connectivity index (χ3n) is 18.4. The average molecular weight is 1110 g/mol. The Hall–Kier alpha value is -4.50. The van der Waals surface area contributed by atoms with Crippen molar-refractivity contribution in [2.24, 2.45) is 28.6 Å². The molecule has 432 valence electrons. The molecular weight excluding hydrogens is 1020 g/mol. The third-order valence-corrected chi connectivity index (χ3v) is 19.1. The molecule has 6 aliphatic rings. The number of amides is 1. The summed E-state index contributed by atoms with van der Waals surface area (Å²) in [6.07, 6.45) is 18.9. The van der Waals surface area contributed by atoms with Crippen LogP contribution < -0.4 is 9.09 Å². The SMILES string of the molecule is CC(C)(C)OC(=O)N(CCCCCCOCCCCc1ccccc1)CC(O)c1ccc(OP(C)(C)=O)c(C[n+]2ccn(CC(=O)[C@@]34O[C@H](C5CCCCC5)O[C@@H]3C[C@H]3[C@@H]5CCC6=CC(=O)C=C[C@]6(C)[C@@]5(F)[C@@H](O)C[C@@]34C)c2)c1. The molecule has 1 unspecified atom stereocenters. The summed E-state index contributed by atoms with van der Waals surface area (Å²) < 4.78 is 66.9. The van der Waals surface area contributed by atoms with Crippen molar-refractivity contribution < 1.29 is 61.6 Å². The first kappa shape index (κ1) is 59.1. The lowest BCUT2D eigenvalue weighted by atomic mass is 9.44. The number of rotatable bonds is 23. The number of Topliss-reactive ketones (excluding diaryl/α,β-unsaturated/α-hetero) is 1. The number of carbonyl (C=O) groups is 3. The summed E-state index contributed by atoms with van der Waals surface area (Å²) in [5.74, 6) is -0.803. The zero-order valence-corrected chi connectivity index (χ0v) is 48.8. The molecule has 2 N–H and O–H groups in total. The molecule has 5 fully saturated rings. The summed E-state index contributed by atoms with van der Waals surface area (Å²) in [5.41, 5.74) is -3.17. The van der Waals surface area contributed by atoms with Gasteiger partial charge in [0.1, 0.15) is 30.3 Å². The Morgan fingerprint density at radius 2 is 1.71 bits per heavy atom. The van der Waals surface area contributed by atoms with Crippen molar-refractivity contribution in [2.45, 2.75) is 192 Å². The Bertz CT molecular complexity index is 2750. The van der Waals surface area contributed by atoms with Gasteiger partial charge in [-0.1, -0.05) is 87.1 Å². The topological polar surface area (TPSA) is 167 Å². The number of nitrogens with zero attached hydrogens (tertiary/aromatic N) is 3. The highest BCUT2D eigenvalue weighted by atomic mass is 31.2. The maximum atomic E-state index is 18.3. The molecule has 1 aliphatic heterocycles. The molecule has 2 heterocycles. The molecule has 0 spiro atoms. The van der Waals surface area contributed by atoms with Crippen LogP contribution in [-0.2, 0) is 52.6 Å². The minimum atomic E-state index is -3.04. The number of fused-ring (bicyclic) bond motifs is 7. The normalized spacial score (nSPS) is 30.0. The highest BCUT2D eigenvalue weighted by molar-refractivity contribution is 7.57. The van der Waals surface area contributed by atoms with Crippen molar-refractivity contribution in [3.05, 3.63) is 108 Å². The van der Waals surface area contributed by atoms with Crippen LogP contribution in [0.4, 0.5) is 9.18 Å². The lowest BCUT2D eigenvalue weighted by molar-refractivity contribution is -0.687. The number of unbranched alkanes of at least 4 members (excludes halogenated alkanes) is 4. The lowest BCUT2D eigenvalue weighted by Gasteiger charge is -2.62. The van der Waals surface area contributed by atoms with Crippen molar-refractivity contribution in [3.8, 4) is 5.75 Å². The largest absolute Gasteiger partial charge is 0.444 e. The van der Waals surface area contributed by atoms with E-state index in [0.717, 1.165) is 83.7 Å². The van der Waals surface area contributed by atoms with Crippen LogP contribution in [0.2, 0.25) is 0 Å². The van der Waals surface area contributed by atoms with Crippen LogP contribution in [0, 0.1) is 28.6 Å². The number of aryl methyl sites for hydroxylation is 1. The summed E-state index contributed by atoms with van der Waals surface area (Å²) in [7, 11) is -3.04. The summed E-state index contributed by atoms with van der Waals surface area (Å²) >= 11 is 0. The van der Waals surface area contributed by atoms with Gasteiger partial charge in [-0.25, -0.2) is 18.3 Å². The number of aromatic nitrogens is 2. The maximum absolute atomic E-state index is 18.3. The van der Waals surface area contributed by atoms with E-state index in [9.17, 15) is 24.4 Å². The van der Waals surface area contributed by atoms with Crippen LogP contribution >= 0.6 is 7.37 Å². The molecule has 79 heavy (non-hydrogen) atoms. The van der Waals surface area contributed by atoms with Crippen LogP contribution in [0.15, 0.2) is 91.1 Å². The molecule has 10 atom stereocenters. The molecule has 16 heteroatoms. The fourth-order valence-electron chi connectivity index (χ4n) is 14.5. The first-order chi connectivity index (χ1) is 37.5. The highest BCUT2D eigenvalue weighted by Gasteiger charge is 2.79. The number of imidazole rings is 1. The number of allylic oxidation sites excluding steroid dienone is 4. The summed E-state index contributed by atoms with van der Waals surface area (Å²) in [5, 5.41) is 24.1. The van der Waals surface area contributed by atoms with Crippen molar-refractivity contribution in [3.63, 3.8) is 0 Å². The Labute approximate surface area is 467 Å². The second-order valence-corrected chi connectivity index (χ2v) is 28.2. The number of hydrogen-bond acceptors (Lipinski definition) is 11. The fraction of sp³-hybridized carbons (Fsp3) is 0.651. The van der Waals surface area contributed by atoms with E-state index in [0.29, 0.717) is 54.9 Å². The number of hydrogen-bond donors (Lipinski definition) is 2. The Morgan fingerprint density at radius 3 is 2.44 bits per heavy atom. The predicted molar refractivity (Wildman–Crippen MR) is 299 cm³/mol. The van der Waals surface area contributed by atoms with Crippen LogP contribution in [-0.4, -0.2) is 112 Å². The number of alkyl halides is 1. The zero-order valence-electron chi connectivity index (χ0n) is 47.9. The molecule has 14 nitrogen and oxygen atoms in total. The second kappa shape index (κ2) is 24.1. The van der Waals surface area contributed by atoms with Gasteiger partial charge in [0, 0.05) is 61.3 Å². The van der Waals surface area contributed by atoms with E-state index in [4.69, 9.17) is 23.5 Å². The zero-order chi connectivity index (χ0) is 56.4. The van der Waals surface area contributed by atoms with Crippen LogP contribution in [0.25, 0.3) is 0 Å². The summed E-state index contributed by atoms with van der Waals surface area (Å²) in [6.45, 7) is 14.3. The van der Waals surface area contributed by atoms with E-state index in [1.54, 1.807) is 47.9 Å². The Balaban J connectivity index is 0.879. The number of benzene rings is 2. The summed E-state index contributed by atoms with van der Waals surface area (Å²) in [6, 6.07) is 15.7. The van der Waals surface area contributed by atoms with Gasteiger partial charge in [-0.2, -0.15) is 0 Å². The lowest BCUT2D eigenvalue weighted by Crippen LogP contribution is -2.69. The van der Waals surface area contributed by atoms with Gasteiger partial charge in [-0.05, 0) is 140 Å². The summed E-state index contributed by atoms with van der Waals surface area (Å²) in [4.78, 5) is 43.2. The monoisotopic (exact) mass is 1110 g/mol. The van der Waals surface area contributed by atoms with Crippen molar-refractivity contribution >= 4 is 25.0 Å². The first-order valence-electron chi connectivity index (χ1n) is 29.4. The van der Waals surface area contributed by atoms with E-state index < -0.39 is 71.7 Å². The van der Waals surface area contributed by atoms with Gasteiger partial charge in [-0.3, -0.25) is 14.2 Å². The van der Waals surface area contributed by atoms with E-state index >= 15 is 9.18 Å². The van der Waals surface area contributed by atoms with E-state index in [2.05, 4.69) is 24.3 Å². The van der Waals surface area contributed by atoms with Crippen LogP contribution in [0.5, 0.6) is 5.75 Å². The van der Waals surface area contributed by atoms with Gasteiger partial charge in [-0.15, -0.1) is 0 Å². The highest BCUT2D eigenvalue weighted by Crippen LogP contribution is 2.72. The number of ketones is 2. The smallest absolute Gasteiger partial charge is 0.410 e. The Kier molecular flexibility index (Phi) is 18.1. The van der Waals surface area contributed by atoms with Crippen LogP contribution in [0.3, 0.4) is 0 Å². The van der Waals surface area contributed by atoms with Crippen molar-refractivity contribution in [1.82, 2.24) is 9.47 Å². The number of aliphatic hydroxyl groups excluding tert-OH is 2. The minimum Gasteiger partial charge on any atom is -0.444 e. The molecule has 1 aromatic heterocycles. The molecule has 0 bridgehead atoms. The van der Waals surface area contributed by atoms with Gasteiger partial charge >= 0.3 is 6.09 Å². The molecule has 1 saturated heterocycles. The quantitative estimate of drug-likeness (QED) is 0.0527. The number of carbonyl (C=O) groups excluding carboxylic acids is 3. The molecule has 1 amide bonds.